The third-order valence-electron chi connectivity index (χ3n) is 5.91. The molecular weight excluding hydrogens is 462 g/mol. The predicted octanol–water partition coefficient (Wildman–Crippen LogP) is 2.02. The Morgan fingerprint density at radius 3 is 2.03 bits per heavy atom. The van der Waals surface area contributed by atoms with Crippen LogP contribution in [0.4, 0.5) is 4.79 Å². The summed E-state index contributed by atoms with van der Waals surface area (Å²) in [6.45, 7) is 2.83. The number of hydrogen-bond donors (Lipinski definition) is 1. The molecule has 10 nitrogen and oxygen atoms in total. The van der Waals surface area contributed by atoms with E-state index in [9.17, 15) is 28.0 Å². The maximum Gasteiger partial charge on any atom is 0.327 e. The molecule has 1 aliphatic rings. The molecule has 1 N–H and O–H groups in total. The van der Waals surface area contributed by atoms with Gasteiger partial charge in [0.25, 0.3) is 5.91 Å². The van der Waals surface area contributed by atoms with Crippen LogP contribution >= 0.6 is 0 Å². The number of sulfone groups is 1. The van der Waals surface area contributed by atoms with E-state index in [1.807, 2.05) is 0 Å². The van der Waals surface area contributed by atoms with Crippen molar-refractivity contribution in [2.24, 2.45) is 0 Å². The highest BCUT2D eigenvalue weighted by Crippen LogP contribution is 2.27. The number of hydroxylamine groups is 2. The summed E-state index contributed by atoms with van der Waals surface area (Å²) in [5, 5.41) is 10.4. The van der Waals surface area contributed by atoms with Crippen molar-refractivity contribution in [2.45, 2.75) is 30.3 Å². The molecule has 11 heteroatoms. The molecule has 0 spiro atoms. The van der Waals surface area contributed by atoms with Gasteiger partial charge < -0.3 is 9.64 Å². The smallest absolute Gasteiger partial charge is 0.327 e. The number of urea groups is 1. The van der Waals surface area contributed by atoms with Gasteiger partial charge in [0, 0.05) is 13.3 Å². The zero-order valence-electron chi connectivity index (χ0n) is 19.3. The van der Waals surface area contributed by atoms with Crippen LogP contribution in [0, 0.1) is 0 Å². The number of benzene rings is 2. The van der Waals surface area contributed by atoms with Crippen LogP contribution in [0.5, 0.6) is 5.75 Å². The zero-order chi connectivity index (χ0) is 25.3. The van der Waals surface area contributed by atoms with Crippen molar-refractivity contribution < 1.29 is 32.7 Å². The summed E-state index contributed by atoms with van der Waals surface area (Å²) in [6, 6.07) is 11.9. The van der Waals surface area contributed by atoms with Gasteiger partial charge in [-0.25, -0.2) is 18.3 Å². The summed E-state index contributed by atoms with van der Waals surface area (Å²) in [4.78, 5) is 38.8. The average Bonchev–Trinajstić information content (AvgIpc) is 2.95. The van der Waals surface area contributed by atoms with Gasteiger partial charge >= 0.3 is 6.03 Å². The average molecular weight is 490 g/mol. The van der Waals surface area contributed by atoms with Crippen molar-refractivity contribution in [1.82, 2.24) is 14.9 Å². The van der Waals surface area contributed by atoms with Gasteiger partial charge in [-0.2, -0.15) is 0 Å². The topological polar surface area (TPSA) is 125 Å². The summed E-state index contributed by atoms with van der Waals surface area (Å²) < 4.78 is 28.9. The number of nitrogens with zero attached hydrogens (tertiary/aromatic N) is 3. The lowest BCUT2D eigenvalue weighted by atomic mass is 10.1. The van der Waals surface area contributed by atoms with Crippen molar-refractivity contribution in [3.63, 3.8) is 0 Å². The quantitative estimate of drug-likeness (QED) is 0.247. The first-order chi connectivity index (χ1) is 15.9. The first kappa shape index (κ1) is 25.2. The highest BCUT2D eigenvalue weighted by Gasteiger charge is 2.50. The Morgan fingerprint density at radius 1 is 1.06 bits per heavy atom. The van der Waals surface area contributed by atoms with E-state index in [0.717, 1.165) is 22.3 Å². The van der Waals surface area contributed by atoms with Crippen LogP contribution in [0.25, 0.3) is 11.1 Å². The Balaban J connectivity index is 1.69. The van der Waals surface area contributed by atoms with E-state index in [2.05, 4.69) is 0 Å². The van der Waals surface area contributed by atoms with Gasteiger partial charge in [-0.15, -0.1) is 0 Å². The molecule has 1 fully saturated rings. The minimum absolute atomic E-state index is 0.168. The third-order valence-corrected chi connectivity index (χ3v) is 7.04. The van der Waals surface area contributed by atoms with E-state index in [1.54, 1.807) is 50.2 Å². The van der Waals surface area contributed by atoms with Crippen LogP contribution in [0.1, 0.15) is 13.8 Å². The van der Waals surface area contributed by atoms with Crippen LogP contribution < -0.4 is 4.74 Å². The standard InChI is InChI=1S/C23H27N3O7S/c1-23(2)21(28)25(22(29)24(23)3)13-18(26(30)15-27)14-33-19-9-5-16(6-10-19)17-7-11-20(12-8-17)34(4,31)32/h5-12,15,18,30H,13-14H2,1-4H3. The van der Waals surface area contributed by atoms with E-state index in [0.29, 0.717) is 10.8 Å². The molecule has 1 saturated heterocycles. The molecule has 1 aliphatic heterocycles. The number of hydrogen-bond acceptors (Lipinski definition) is 7. The summed E-state index contributed by atoms with van der Waals surface area (Å²) in [5.74, 6) is 0.00729. The minimum Gasteiger partial charge on any atom is -0.491 e. The Hall–Kier alpha value is -3.44. The summed E-state index contributed by atoms with van der Waals surface area (Å²) >= 11 is 0. The van der Waals surface area contributed by atoms with Gasteiger partial charge in [0.05, 0.1) is 11.4 Å². The number of rotatable bonds is 9. The highest BCUT2D eigenvalue weighted by atomic mass is 32.2. The summed E-state index contributed by atoms with van der Waals surface area (Å²) in [6.07, 6.45) is 1.34. The zero-order valence-corrected chi connectivity index (χ0v) is 20.2. The van der Waals surface area contributed by atoms with Gasteiger partial charge in [0.2, 0.25) is 6.41 Å². The van der Waals surface area contributed by atoms with Gasteiger partial charge in [0.15, 0.2) is 9.84 Å². The van der Waals surface area contributed by atoms with E-state index in [4.69, 9.17) is 4.74 Å². The fraction of sp³-hybridized carbons (Fsp3) is 0.348. The minimum atomic E-state index is -3.28. The molecule has 1 heterocycles. The number of ether oxygens (including phenoxy) is 1. The van der Waals surface area contributed by atoms with Crippen LogP contribution in [-0.2, 0) is 19.4 Å². The van der Waals surface area contributed by atoms with Crippen molar-refractivity contribution in [1.29, 1.82) is 0 Å². The molecule has 2 aromatic carbocycles. The number of carbonyl (C=O) groups excluding carboxylic acids is 3. The van der Waals surface area contributed by atoms with E-state index in [-0.39, 0.29) is 24.5 Å². The highest BCUT2D eigenvalue weighted by molar-refractivity contribution is 7.90. The van der Waals surface area contributed by atoms with E-state index in [1.165, 1.54) is 24.1 Å². The molecule has 0 aliphatic carbocycles. The molecule has 4 amide bonds. The Bertz CT molecular complexity index is 1180. The second-order valence-corrected chi connectivity index (χ2v) is 10.6. The third kappa shape index (κ3) is 5.05. The monoisotopic (exact) mass is 489 g/mol. The number of imide groups is 1. The van der Waals surface area contributed by atoms with Crippen molar-refractivity contribution in [3.05, 3.63) is 48.5 Å². The van der Waals surface area contributed by atoms with Gasteiger partial charge in [-0.05, 0) is 49.2 Å². The molecule has 0 saturated carbocycles. The van der Waals surface area contributed by atoms with Gasteiger partial charge in [-0.1, -0.05) is 24.3 Å². The van der Waals surface area contributed by atoms with Crippen LogP contribution in [-0.4, -0.2) is 84.9 Å². The molecule has 34 heavy (non-hydrogen) atoms. The number of carbonyl (C=O) groups is 3. The number of amides is 4. The van der Waals surface area contributed by atoms with Crippen molar-refractivity contribution in [2.75, 3.05) is 26.5 Å². The Labute approximate surface area is 198 Å². The molecule has 0 radical (unpaired) electrons. The Kier molecular flexibility index (Phi) is 6.99. The number of likely N-dealkylation sites (N-methyl/N-ethyl adjacent to an activating group) is 1. The molecule has 0 bridgehead atoms. The molecular formula is C23H27N3O7S. The predicted molar refractivity (Wildman–Crippen MR) is 123 cm³/mol. The van der Waals surface area contributed by atoms with Gasteiger partial charge in [-0.3, -0.25) is 19.7 Å². The molecule has 2 aromatic rings. The molecule has 1 atom stereocenters. The summed E-state index contributed by atoms with van der Waals surface area (Å²) in [5.41, 5.74) is 0.621. The fourth-order valence-electron chi connectivity index (χ4n) is 3.48. The first-order valence-electron chi connectivity index (χ1n) is 10.4. The molecule has 0 aromatic heterocycles. The van der Waals surface area contributed by atoms with E-state index < -0.39 is 33.4 Å². The SMILES string of the molecule is CN1C(=O)N(CC(COc2ccc(-c3ccc(S(C)(=O)=O)cc3)cc2)N(O)C=O)C(=O)C1(C)C. The lowest BCUT2D eigenvalue weighted by Crippen LogP contribution is -2.48. The van der Waals surface area contributed by atoms with Crippen molar-refractivity contribution in [3.8, 4) is 16.9 Å². The molecule has 182 valence electrons. The fourth-order valence-corrected chi connectivity index (χ4v) is 4.11. The molecule has 3 rings (SSSR count). The maximum absolute atomic E-state index is 12.6. The van der Waals surface area contributed by atoms with Crippen LogP contribution in [0.3, 0.4) is 0 Å². The normalized spacial score (nSPS) is 16.5. The van der Waals surface area contributed by atoms with E-state index >= 15 is 0 Å². The lowest BCUT2D eigenvalue weighted by Gasteiger charge is -2.26. The largest absolute Gasteiger partial charge is 0.491 e. The Morgan fingerprint density at radius 2 is 1.59 bits per heavy atom. The second kappa shape index (κ2) is 9.43. The summed E-state index contributed by atoms with van der Waals surface area (Å²) in [7, 11) is -1.76. The first-order valence-corrected chi connectivity index (χ1v) is 12.3. The maximum atomic E-state index is 12.6. The van der Waals surface area contributed by atoms with Crippen LogP contribution in [0.15, 0.2) is 53.4 Å². The van der Waals surface area contributed by atoms with Crippen molar-refractivity contribution >= 4 is 28.2 Å². The van der Waals surface area contributed by atoms with Gasteiger partial charge in [0.1, 0.15) is 23.9 Å². The van der Waals surface area contributed by atoms with Crippen LogP contribution in [0.2, 0.25) is 0 Å². The lowest BCUT2D eigenvalue weighted by molar-refractivity contribution is -0.165. The molecule has 1 unspecified atom stereocenters. The second-order valence-electron chi connectivity index (χ2n) is 8.59.